The van der Waals surface area contributed by atoms with Gasteiger partial charge in [-0.25, -0.2) is 0 Å². The van der Waals surface area contributed by atoms with E-state index in [1.165, 1.54) is 44.4 Å². The van der Waals surface area contributed by atoms with Gasteiger partial charge in [0.2, 0.25) is 0 Å². The van der Waals surface area contributed by atoms with Crippen molar-refractivity contribution in [2.24, 2.45) is 0 Å². The van der Waals surface area contributed by atoms with Crippen LogP contribution in [0.1, 0.15) is 46.0 Å². The SMILES string of the molecule is CCC(C)N(CCNCCSC)C1CCCC1. The molecule has 0 aromatic carbocycles. The zero-order valence-electron chi connectivity index (χ0n) is 11.9. The number of nitrogens with zero attached hydrogens (tertiary/aromatic N) is 1. The smallest absolute Gasteiger partial charge is 0.0113 e. The lowest BCUT2D eigenvalue weighted by atomic mass is 10.1. The maximum absolute atomic E-state index is 3.56. The molecule has 1 rings (SSSR count). The zero-order valence-corrected chi connectivity index (χ0v) is 12.7. The molecule has 17 heavy (non-hydrogen) atoms. The van der Waals surface area contributed by atoms with E-state index in [-0.39, 0.29) is 0 Å². The van der Waals surface area contributed by atoms with Crippen molar-refractivity contribution in [3.8, 4) is 0 Å². The molecule has 1 saturated carbocycles. The third kappa shape index (κ3) is 5.62. The topological polar surface area (TPSA) is 15.3 Å². The number of rotatable bonds is 9. The van der Waals surface area contributed by atoms with Crippen LogP contribution >= 0.6 is 11.8 Å². The van der Waals surface area contributed by atoms with Crippen molar-refractivity contribution in [2.75, 3.05) is 31.6 Å². The molecule has 3 heteroatoms. The Morgan fingerprint density at radius 2 is 2.00 bits per heavy atom. The fourth-order valence-electron chi connectivity index (χ4n) is 2.74. The van der Waals surface area contributed by atoms with Crippen LogP contribution in [0.25, 0.3) is 0 Å². The van der Waals surface area contributed by atoms with Crippen LogP contribution in [0.2, 0.25) is 0 Å². The van der Waals surface area contributed by atoms with Crippen molar-refractivity contribution in [3.05, 3.63) is 0 Å². The lowest BCUT2D eigenvalue weighted by Gasteiger charge is -2.34. The van der Waals surface area contributed by atoms with Crippen molar-refractivity contribution in [1.29, 1.82) is 0 Å². The third-order valence-electron chi connectivity index (χ3n) is 3.98. The van der Waals surface area contributed by atoms with Gasteiger partial charge >= 0.3 is 0 Å². The Labute approximate surface area is 112 Å². The van der Waals surface area contributed by atoms with Gasteiger partial charge in [0.25, 0.3) is 0 Å². The summed E-state index contributed by atoms with van der Waals surface area (Å²) in [5.74, 6) is 1.23. The summed E-state index contributed by atoms with van der Waals surface area (Å²) in [7, 11) is 0. The fourth-order valence-corrected chi connectivity index (χ4v) is 3.09. The monoisotopic (exact) mass is 258 g/mol. The molecule has 102 valence electrons. The highest BCUT2D eigenvalue weighted by Crippen LogP contribution is 2.25. The summed E-state index contributed by atoms with van der Waals surface area (Å²) in [6.07, 6.45) is 9.19. The van der Waals surface area contributed by atoms with Gasteiger partial charge in [0, 0.05) is 37.5 Å². The van der Waals surface area contributed by atoms with Crippen LogP contribution in [-0.4, -0.2) is 48.6 Å². The van der Waals surface area contributed by atoms with Crippen LogP contribution in [0.15, 0.2) is 0 Å². The number of thioether (sulfide) groups is 1. The molecule has 0 amide bonds. The second kappa shape index (κ2) is 9.23. The molecule has 0 bridgehead atoms. The van der Waals surface area contributed by atoms with Gasteiger partial charge in [-0.05, 0) is 32.4 Å². The molecule has 0 heterocycles. The Bertz CT molecular complexity index is 181. The summed E-state index contributed by atoms with van der Waals surface area (Å²) < 4.78 is 0. The van der Waals surface area contributed by atoms with Crippen LogP contribution < -0.4 is 5.32 Å². The molecule has 1 fully saturated rings. The van der Waals surface area contributed by atoms with E-state index in [1.54, 1.807) is 0 Å². The predicted octanol–water partition coefficient (Wildman–Crippen LogP) is 2.98. The quantitative estimate of drug-likeness (QED) is 0.640. The molecule has 0 aromatic heterocycles. The largest absolute Gasteiger partial charge is 0.315 e. The molecular formula is C14H30N2S. The summed E-state index contributed by atoms with van der Waals surface area (Å²) >= 11 is 1.92. The van der Waals surface area contributed by atoms with Gasteiger partial charge in [0.1, 0.15) is 0 Å². The van der Waals surface area contributed by atoms with Crippen molar-refractivity contribution in [3.63, 3.8) is 0 Å². The fraction of sp³-hybridized carbons (Fsp3) is 1.00. The maximum Gasteiger partial charge on any atom is 0.0113 e. The lowest BCUT2D eigenvalue weighted by Crippen LogP contribution is -2.44. The summed E-state index contributed by atoms with van der Waals surface area (Å²) in [4.78, 5) is 2.75. The van der Waals surface area contributed by atoms with Gasteiger partial charge in [0.05, 0.1) is 0 Å². The Hall–Kier alpha value is 0.270. The summed E-state index contributed by atoms with van der Waals surface area (Å²) in [5.41, 5.74) is 0. The van der Waals surface area contributed by atoms with E-state index in [1.807, 2.05) is 11.8 Å². The van der Waals surface area contributed by atoms with E-state index in [2.05, 4.69) is 30.3 Å². The second-order valence-electron chi connectivity index (χ2n) is 5.18. The zero-order chi connectivity index (χ0) is 12.5. The normalized spacial score (nSPS) is 19.1. The molecule has 1 unspecified atom stereocenters. The minimum absolute atomic E-state index is 0.750. The van der Waals surface area contributed by atoms with Gasteiger partial charge in [-0.2, -0.15) is 11.8 Å². The van der Waals surface area contributed by atoms with Gasteiger partial charge in [-0.1, -0.05) is 19.8 Å². The molecule has 1 atom stereocenters. The third-order valence-corrected chi connectivity index (χ3v) is 4.59. The first kappa shape index (κ1) is 15.3. The van der Waals surface area contributed by atoms with E-state index in [9.17, 15) is 0 Å². The van der Waals surface area contributed by atoms with E-state index >= 15 is 0 Å². The summed E-state index contributed by atoms with van der Waals surface area (Å²) in [5, 5.41) is 3.56. The lowest BCUT2D eigenvalue weighted by molar-refractivity contribution is 0.143. The highest BCUT2D eigenvalue weighted by atomic mass is 32.2. The highest BCUT2D eigenvalue weighted by molar-refractivity contribution is 7.98. The number of hydrogen-bond donors (Lipinski definition) is 1. The molecular weight excluding hydrogens is 228 g/mol. The maximum atomic E-state index is 3.56. The van der Waals surface area contributed by atoms with Gasteiger partial charge in [0.15, 0.2) is 0 Å². The van der Waals surface area contributed by atoms with Crippen LogP contribution in [0.5, 0.6) is 0 Å². The van der Waals surface area contributed by atoms with Crippen molar-refractivity contribution < 1.29 is 0 Å². The highest BCUT2D eigenvalue weighted by Gasteiger charge is 2.24. The number of nitrogens with one attached hydrogen (secondary N) is 1. The van der Waals surface area contributed by atoms with Crippen LogP contribution in [0, 0.1) is 0 Å². The molecule has 1 N–H and O–H groups in total. The van der Waals surface area contributed by atoms with Crippen molar-refractivity contribution in [1.82, 2.24) is 10.2 Å². The number of hydrogen-bond acceptors (Lipinski definition) is 3. The van der Waals surface area contributed by atoms with Gasteiger partial charge in [-0.3, -0.25) is 4.90 Å². The summed E-state index contributed by atoms with van der Waals surface area (Å²) in [6, 6.07) is 1.62. The molecule has 1 aliphatic rings. The van der Waals surface area contributed by atoms with Gasteiger partial charge in [-0.15, -0.1) is 0 Å². The molecule has 0 saturated heterocycles. The van der Waals surface area contributed by atoms with E-state index in [4.69, 9.17) is 0 Å². The van der Waals surface area contributed by atoms with Crippen LogP contribution in [0.4, 0.5) is 0 Å². The molecule has 2 nitrogen and oxygen atoms in total. The molecule has 1 aliphatic carbocycles. The van der Waals surface area contributed by atoms with E-state index < -0.39 is 0 Å². The van der Waals surface area contributed by atoms with E-state index in [0.717, 1.165) is 25.2 Å². The molecule has 0 aliphatic heterocycles. The van der Waals surface area contributed by atoms with Crippen LogP contribution in [-0.2, 0) is 0 Å². The predicted molar refractivity (Wildman–Crippen MR) is 80.0 cm³/mol. The minimum Gasteiger partial charge on any atom is -0.315 e. The first-order valence-corrected chi connectivity index (χ1v) is 8.64. The Morgan fingerprint density at radius 1 is 1.29 bits per heavy atom. The van der Waals surface area contributed by atoms with Crippen LogP contribution in [0.3, 0.4) is 0 Å². The average molecular weight is 258 g/mol. The Balaban J connectivity index is 2.25. The first-order valence-electron chi connectivity index (χ1n) is 7.25. The Morgan fingerprint density at radius 3 is 2.59 bits per heavy atom. The van der Waals surface area contributed by atoms with Crippen molar-refractivity contribution in [2.45, 2.75) is 58.0 Å². The van der Waals surface area contributed by atoms with Crippen molar-refractivity contribution >= 4 is 11.8 Å². The molecule has 0 spiro atoms. The first-order chi connectivity index (χ1) is 8.29. The average Bonchev–Trinajstić information content (AvgIpc) is 2.86. The molecule has 0 radical (unpaired) electrons. The van der Waals surface area contributed by atoms with Gasteiger partial charge < -0.3 is 5.32 Å². The standard InChI is InChI=1S/C14H30N2S/c1-4-13(2)16(14-7-5-6-8-14)11-9-15-10-12-17-3/h13-15H,4-12H2,1-3H3. The second-order valence-corrected chi connectivity index (χ2v) is 6.16. The molecule has 0 aromatic rings. The summed E-state index contributed by atoms with van der Waals surface area (Å²) in [6.45, 7) is 8.24. The minimum atomic E-state index is 0.750. The Kier molecular flexibility index (Phi) is 8.33. The van der Waals surface area contributed by atoms with E-state index in [0.29, 0.717) is 0 Å².